The van der Waals surface area contributed by atoms with Gasteiger partial charge < -0.3 is 19.4 Å². The third-order valence-electron chi connectivity index (χ3n) is 6.30. The van der Waals surface area contributed by atoms with Crippen LogP contribution in [-0.4, -0.2) is 42.5 Å². The van der Waals surface area contributed by atoms with Gasteiger partial charge in [-0.25, -0.2) is 0 Å². The average Bonchev–Trinajstić information content (AvgIpc) is 2.92. The molecule has 4 aromatic rings. The predicted molar refractivity (Wildman–Crippen MR) is 137 cm³/mol. The van der Waals surface area contributed by atoms with E-state index in [0.717, 1.165) is 5.56 Å². The summed E-state index contributed by atoms with van der Waals surface area (Å²) in [5.41, 5.74) is 1.74. The van der Waals surface area contributed by atoms with Crippen molar-refractivity contribution in [3.63, 3.8) is 0 Å². The summed E-state index contributed by atoms with van der Waals surface area (Å²) in [6.07, 6.45) is 1.38. The fraction of sp³-hybridized carbons (Fsp3) is 0.207. The first-order chi connectivity index (χ1) is 17.6. The molecule has 2 amide bonds. The Hall–Kier alpha value is -4.39. The molecule has 0 bridgehead atoms. The average molecular weight is 483 g/mol. The molecule has 1 aliphatic heterocycles. The number of ether oxygens (including phenoxy) is 1. The molecule has 7 nitrogen and oxygen atoms in total. The number of carbonyl (C=O) groups excluding carboxylic acids is 2. The van der Waals surface area contributed by atoms with Crippen molar-refractivity contribution in [2.45, 2.75) is 18.9 Å². The first kappa shape index (κ1) is 23.4. The maximum absolute atomic E-state index is 12.6. The maximum Gasteiger partial charge on any atom is 0.258 e. The third kappa shape index (κ3) is 5.30. The van der Waals surface area contributed by atoms with Crippen molar-refractivity contribution in [1.29, 1.82) is 0 Å². The number of nitrogens with one attached hydrogen (secondary N) is 1. The minimum atomic E-state index is -0.234. The molecule has 5 rings (SSSR count). The van der Waals surface area contributed by atoms with Crippen molar-refractivity contribution >= 4 is 22.8 Å². The molecule has 182 valence electrons. The van der Waals surface area contributed by atoms with E-state index in [9.17, 15) is 14.4 Å². The molecule has 0 atom stereocenters. The summed E-state index contributed by atoms with van der Waals surface area (Å²) in [6, 6.07) is 25.0. The molecule has 0 unspecified atom stereocenters. The molecule has 1 N–H and O–H groups in total. The Kier molecular flexibility index (Phi) is 6.80. The van der Waals surface area contributed by atoms with Crippen LogP contribution in [0, 0.1) is 0 Å². The van der Waals surface area contributed by atoms with Gasteiger partial charge in [-0.05, 0) is 37.1 Å². The molecule has 7 heteroatoms. The van der Waals surface area contributed by atoms with Crippen molar-refractivity contribution in [1.82, 2.24) is 10.2 Å². The predicted octanol–water partition coefficient (Wildman–Crippen LogP) is 4.26. The van der Waals surface area contributed by atoms with E-state index in [1.54, 1.807) is 18.2 Å². The summed E-state index contributed by atoms with van der Waals surface area (Å²) in [7, 11) is 0. The molecule has 1 aromatic heterocycles. The Bertz CT molecular complexity index is 1420. The lowest BCUT2D eigenvalue weighted by Crippen LogP contribution is -2.47. The third-order valence-corrected chi connectivity index (χ3v) is 6.30. The molecule has 0 radical (unpaired) electrons. The lowest BCUT2D eigenvalue weighted by Gasteiger charge is -2.32. The van der Waals surface area contributed by atoms with Crippen molar-refractivity contribution in [3.8, 4) is 17.1 Å². The van der Waals surface area contributed by atoms with Gasteiger partial charge in [0.25, 0.3) is 11.8 Å². The van der Waals surface area contributed by atoms with Crippen LogP contribution in [0.3, 0.4) is 0 Å². The highest BCUT2D eigenvalue weighted by atomic mass is 16.5. The van der Waals surface area contributed by atoms with E-state index in [1.165, 1.54) is 6.07 Å². The molecule has 3 aromatic carbocycles. The van der Waals surface area contributed by atoms with Crippen LogP contribution >= 0.6 is 0 Å². The van der Waals surface area contributed by atoms with Crippen LogP contribution in [0.25, 0.3) is 22.3 Å². The standard InChI is InChI=1S/C29H26N2O5/c32-25-18-26(20-7-3-1-4-8-20)36-27-17-23(11-12-24(25)27)35-19-28(33)30-22-13-15-31(16-14-22)29(34)21-9-5-2-6-10-21/h1-12,17-18,22H,13-16,19H2,(H,30,33). The second-order valence-electron chi connectivity index (χ2n) is 8.79. The number of benzene rings is 3. The van der Waals surface area contributed by atoms with Gasteiger partial charge >= 0.3 is 0 Å². The number of piperidine rings is 1. The number of nitrogens with zero attached hydrogens (tertiary/aromatic N) is 1. The Labute approximate surface area is 208 Å². The van der Waals surface area contributed by atoms with E-state index >= 15 is 0 Å². The number of rotatable bonds is 6. The Morgan fingerprint density at radius 1 is 0.917 bits per heavy atom. The molecule has 0 aliphatic carbocycles. The molecule has 2 heterocycles. The number of carbonyl (C=O) groups is 2. The van der Waals surface area contributed by atoms with Gasteiger partial charge in [0.2, 0.25) is 0 Å². The van der Waals surface area contributed by atoms with E-state index in [2.05, 4.69) is 5.32 Å². The van der Waals surface area contributed by atoms with Gasteiger partial charge in [0, 0.05) is 42.4 Å². The van der Waals surface area contributed by atoms with E-state index in [4.69, 9.17) is 9.15 Å². The van der Waals surface area contributed by atoms with Gasteiger partial charge in [-0.2, -0.15) is 0 Å². The van der Waals surface area contributed by atoms with Crippen LogP contribution in [0.4, 0.5) is 0 Å². The Morgan fingerprint density at radius 2 is 1.61 bits per heavy atom. The Morgan fingerprint density at radius 3 is 2.33 bits per heavy atom. The van der Waals surface area contributed by atoms with E-state index in [0.29, 0.717) is 54.0 Å². The quantitative estimate of drug-likeness (QED) is 0.444. The molecular formula is C29H26N2O5. The fourth-order valence-electron chi connectivity index (χ4n) is 4.38. The van der Waals surface area contributed by atoms with Crippen molar-refractivity contribution in [2.24, 2.45) is 0 Å². The van der Waals surface area contributed by atoms with Crippen molar-refractivity contribution in [3.05, 3.63) is 101 Å². The highest BCUT2D eigenvalue weighted by Gasteiger charge is 2.24. The van der Waals surface area contributed by atoms with Crippen LogP contribution in [0.2, 0.25) is 0 Å². The second kappa shape index (κ2) is 10.5. The summed E-state index contributed by atoms with van der Waals surface area (Å²) in [6.45, 7) is 1.03. The van der Waals surface area contributed by atoms with Crippen LogP contribution in [0.15, 0.2) is 94.1 Å². The molecule has 0 saturated carbocycles. The molecule has 36 heavy (non-hydrogen) atoms. The largest absolute Gasteiger partial charge is 0.484 e. The van der Waals surface area contributed by atoms with Gasteiger partial charge in [0.1, 0.15) is 17.1 Å². The summed E-state index contributed by atoms with van der Waals surface area (Å²) in [5.74, 6) is 0.693. The van der Waals surface area contributed by atoms with Gasteiger partial charge in [-0.3, -0.25) is 14.4 Å². The zero-order chi connectivity index (χ0) is 24.9. The van der Waals surface area contributed by atoms with Crippen molar-refractivity contribution < 1.29 is 18.7 Å². The minimum Gasteiger partial charge on any atom is -0.484 e. The zero-order valence-electron chi connectivity index (χ0n) is 19.7. The summed E-state index contributed by atoms with van der Waals surface area (Å²) in [4.78, 5) is 39.4. The smallest absolute Gasteiger partial charge is 0.258 e. The van der Waals surface area contributed by atoms with Gasteiger partial charge in [0.05, 0.1) is 5.39 Å². The van der Waals surface area contributed by atoms with Crippen LogP contribution in [-0.2, 0) is 4.79 Å². The van der Waals surface area contributed by atoms with Crippen LogP contribution in [0.5, 0.6) is 5.75 Å². The fourth-order valence-corrected chi connectivity index (χ4v) is 4.38. The van der Waals surface area contributed by atoms with Gasteiger partial charge in [0.15, 0.2) is 12.0 Å². The number of likely N-dealkylation sites (tertiary alicyclic amines) is 1. The van der Waals surface area contributed by atoms with E-state index in [1.807, 2.05) is 65.6 Å². The topological polar surface area (TPSA) is 88.8 Å². The Balaban J connectivity index is 1.16. The highest BCUT2D eigenvalue weighted by Crippen LogP contribution is 2.25. The van der Waals surface area contributed by atoms with E-state index in [-0.39, 0.29) is 29.9 Å². The summed E-state index contributed by atoms with van der Waals surface area (Å²) < 4.78 is 11.6. The van der Waals surface area contributed by atoms with E-state index < -0.39 is 0 Å². The van der Waals surface area contributed by atoms with Crippen molar-refractivity contribution in [2.75, 3.05) is 19.7 Å². The molecule has 1 fully saturated rings. The molecule has 1 aliphatic rings. The first-order valence-electron chi connectivity index (χ1n) is 12.0. The molecule has 1 saturated heterocycles. The van der Waals surface area contributed by atoms with Gasteiger partial charge in [-0.1, -0.05) is 48.5 Å². The maximum atomic E-state index is 12.6. The normalized spacial score (nSPS) is 13.9. The lowest BCUT2D eigenvalue weighted by molar-refractivity contribution is -0.124. The number of hydrogen-bond donors (Lipinski definition) is 1. The van der Waals surface area contributed by atoms with Crippen LogP contribution in [0.1, 0.15) is 23.2 Å². The highest BCUT2D eigenvalue weighted by molar-refractivity contribution is 5.94. The number of amides is 2. The first-order valence-corrected chi connectivity index (χ1v) is 12.0. The summed E-state index contributed by atoms with van der Waals surface area (Å²) >= 11 is 0. The van der Waals surface area contributed by atoms with Crippen LogP contribution < -0.4 is 15.5 Å². The number of fused-ring (bicyclic) bond motifs is 1. The van der Waals surface area contributed by atoms with Gasteiger partial charge in [-0.15, -0.1) is 0 Å². The molecular weight excluding hydrogens is 456 g/mol. The number of hydrogen-bond acceptors (Lipinski definition) is 5. The lowest BCUT2D eigenvalue weighted by atomic mass is 10.0. The zero-order valence-corrected chi connectivity index (χ0v) is 19.7. The second-order valence-corrected chi connectivity index (χ2v) is 8.79. The minimum absolute atomic E-state index is 0.0102. The molecule has 0 spiro atoms. The monoisotopic (exact) mass is 482 g/mol. The summed E-state index contributed by atoms with van der Waals surface area (Å²) in [5, 5.41) is 3.44. The SMILES string of the molecule is O=C(COc1ccc2c(=O)cc(-c3ccccc3)oc2c1)NC1CCN(C(=O)c2ccccc2)CC1.